The fourth-order valence-corrected chi connectivity index (χ4v) is 2.80. The first kappa shape index (κ1) is 13.6. The van der Waals surface area contributed by atoms with Crippen molar-refractivity contribution >= 4 is 5.82 Å². The molecule has 0 amide bonds. The number of aromatic nitrogens is 1. The highest BCUT2D eigenvalue weighted by atomic mass is 15.3. The number of hydrogen-bond donors (Lipinski definition) is 0. The second-order valence-electron chi connectivity index (χ2n) is 5.40. The molecule has 1 aromatic carbocycles. The van der Waals surface area contributed by atoms with E-state index in [-0.39, 0.29) is 6.04 Å². The summed E-state index contributed by atoms with van der Waals surface area (Å²) >= 11 is 0. The predicted molar refractivity (Wildman–Crippen MR) is 83.0 cm³/mol. The molecule has 4 nitrogen and oxygen atoms in total. The highest BCUT2D eigenvalue weighted by molar-refractivity contribution is 5.48. The molecule has 1 atom stereocenters. The lowest BCUT2D eigenvalue weighted by Crippen LogP contribution is -2.47. The SMILES string of the molecule is CN1CCN(c2cc(C#N)ccn2)C(c2ccccc2)C1. The van der Waals surface area contributed by atoms with Crippen molar-refractivity contribution in [3.63, 3.8) is 0 Å². The van der Waals surface area contributed by atoms with Gasteiger partial charge in [0.15, 0.2) is 0 Å². The van der Waals surface area contributed by atoms with Gasteiger partial charge in [0.1, 0.15) is 5.82 Å². The quantitative estimate of drug-likeness (QED) is 0.846. The average molecular weight is 278 g/mol. The van der Waals surface area contributed by atoms with Gasteiger partial charge in [-0.15, -0.1) is 0 Å². The molecule has 1 aromatic heterocycles. The zero-order chi connectivity index (χ0) is 14.7. The van der Waals surface area contributed by atoms with Crippen molar-refractivity contribution in [2.24, 2.45) is 0 Å². The molecule has 1 saturated heterocycles. The average Bonchev–Trinajstić information content (AvgIpc) is 2.55. The summed E-state index contributed by atoms with van der Waals surface area (Å²) in [6, 6.07) is 16.6. The maximum absolute atomic E-state index is 9.08. The molecular formula is C17H18N4. The Morgan fingerprint density at radius 1 is 1.19 bits per heavy atom. The van der Waals surface area contributed by atoms with Crippen LogP contribution in [0.4, 0.5) is 5.82 Å². The molecule has 0 aliphatic carbocycles. The number of likely N-dealkylation sites (N-methyl/N-ethyl adjacent to an activating group) is 1. The van der Waals surface area contributed by atoms with Gasteiger partial charge in [0.25, 0.3) is 0 Å². The van der Waals surface area contributed by atoms with E-state index >= 15 is 0 Å². The molecule has 1 aliphatic rings. The van der Waals surface area contributed by atoms with Crippen LogP contribution in [0.5, 0.6) is 0 Å². The molecule has 0 N–H and O–H groups in total. The Labute approximate surface area is 125 Å². The van der Waals surface area contributed by atoms with E-state index in [1.807, 2.05) is 12.1 Å². The number of nitriles is 1. The topological polar surface area (TPSA) is 43.2 Å². The number of hydrogen-bond acceptors (Lipinski definition) is 4. The van der Waals surface area contributed by atoms with Gasteiger partial charge in [-0.25, -0.2) is 4.98 Å². The summed E-state index contributed by atoms with van der Waals surface area (Å²) in [5.74, 6) is 0.885. The molecule has 0 saturated carbocycles. The lowest BCUT2D eigenvalue weighted by molar-refractivity contribution is 0.268. The van der Waals surface area contributed by atoms with Crippen molar-refractivity contribution in [3.05, 3.63) is 59.8 Å². The molecule has 0 bridgehead atoms. The van der Waals surface area contributed by atoms with Crippen LogP contribution in [0.3, 0.4) is 0 Å². The third-order valence-electron chi connectivity index (χ3n) is 3.94. The van der Waals surface area contributed by atoms with Gasteiger partial charge in [-0.1, -0.05) is 30.3 Å². The summed E-state index contributed by atoms with van der Waals surface area (Å²) in [5, 5.41) is 9.08. The number of rotatable bonds is 2. The Hall–Kier alpha value is -2.38. The molecule has 3 rings (SSSR count). The van der Waals surface area contributed by atoms with E-state index < -0.39 is 0 Å². The minimum absolute atomic E-state index is 0.270. The third-order valence-corrected chi connectivity index (χ3v) is 3.94. The fourth-order valence-electron chi connectivity index (χ4n) is 2.80. The van der Waals surface area contributed by atoms with Crippen LogP contribution >= 0.6 is 0 Å². The van der Waals surface area contributed by atoms with Crippen LogP contribution in [0.15, 0.2) is 48.7 Å². The summed E-state index contributed by atoms with van der Waals surface area (Å²) in [5.41, 5.74) is 1.94. The molecule has 4 heteroatoms. The van der Waals surface area contributed by atoms with E-state index in [2.05, 4.69) is 52.2 Å². The van der Waals surface area contributed by atoms with Gasteiger partial charge in [-0.3, -0.25) is 0 Å². The molecule has 0 radical (unpaired) electrons. The Bertz CT molecular complexity index is 647. The monoisotopic (exact) mass is 278 g/mol. The summed E-state index contributed by atoms with van der Waals surface area (Å²) in [4.78, 5) is 9.11. The fraction of sp³-hybridized carbons (Fsp3) is 0.294. The van der Waals surface area contributed by atoms with E-state index in [0.29, 0.717) is 5.56 Å². The molecule has 1 unspecified atom stereocenters. The van der Waals surface area contributed by atoms with Gasteiger partial charge in [-0.05, 0) is 24.7 Å². The van der Waals surface area contributed by atoms with E-state index in [0.717, 1.165) is 25.5 Å². The van der Waals surface area contributed by atoms with E-state index in [4.69, 9.17) is 5.26 Å². The molecule has 21 heavy (non-hydrogen) atoms. The first-order valence-electron chi connectivity index (χ1n) is 7.14. The van der Waals surface area contributed by atoms with Crippen LogP contribution in [0.2, 0.25) is 0 Å². The molecule has 2 aromatic rings. The maximum atomic E-state index is 9.08. The van der Waals surface area contributed by atoms with Crippen molar-refractivity contribution in [1.29, 1.82) is 5.26 Å². The summed E-state index contributed by atoms with van der Waals surface area (Å²) < 4.78 is 0. The number of pyridine rings is 1. The Balaban J connectivity index is 1.96. The standard InChI is InChI=1S/C17H18N4/c1-20-9-10-21(17-11-14(12-18)7-8-19-17)16(13-20)15-5-3-2-4-6-15/h2-8,11,16H,9-10,13H2,1H3. The molecular weight excluding hydrogens is 260 g/mol. The summed E-state index contributed by atoms with van der Waals surface area (Å²) in [7, 11) is 2.15. The second kappa shape index (κ2) is 5.94. The molecule has 1 fully saturated rings. The van der Waals surface area contributed by atoms with E-state index in [9.17, 15) is 0 Å². The van der Waals surface area contributed by atoms with Gasteiger partial charge in [-0.2, -0.15) is 5.26 Å². The molecule has 0 spiro atoms. The summed E-state index contributed by atoms with van der Waals surface area (Å²) in [6.45, 7) is 2.88. The molecule has 2 heterocycles. The van der Waals surface area contributed by atoms with Gasteiger partial charge in [0.2, 0.25) is 0 Å². The van der Waals surface area contributed by atoms with Crippen molar-refractivity contribution in [3.8, 4) is 6.07 Å². The zero-order valence-corrected chi connectivity index (χ0v) is 12.1. The van der Waals surface area contributed by atoms with Crippen molar-refractivity contribution in [1.82, 2.24) is 9.88 Å². The summed E-state index contributed by atoms with van der Waals surface area (Å²) in [6.07, 6.45) is 1.72. The minimum Gasteiger partial charge on any atom is -0.347 e. The van der Waals surface area contributed by atoms with E-state index in [1.54, 1.807) is 12.3 Å². The lowest BCUT2D eigenvalue weighted by Gasteiger charge is -2.41. The van der Waals surface area contributed by atoms with Gasteiger partial charge >= 0.3 is 0 Å². The molecule has 1 aliphatic heterocycles. The van der Waals surface area contributed by atoms with E-state index in [1.165, 1.54) is 5.56 Å². The largest absolute Gasteiger partial charge is 0.347 e. The van der Waals surface area contributed by atoms with Crippen LogP contribution < -0.4 is 4.90 Å². The van der Waals surface area contributed by atoms with Crippen LogP contribution in [-0.4, -0.2) is 36.6 Å². The highest BCUT2D eigenvalue weighted by Crippen LogP contribution is 2.29. The number of anilines is 1. The minimum atomic E-state index is 0.270. The Morgan fingerprint density at radius 3 is 2.76 bits per heavy atom. The Morgan fingerprint density at radius 2 is 2.00 bits per heavy atom. The van der Waals surface area contributed by atoms with Gasteiger partial charge in [0, 0.05) is 25.8 Å². The Kier molecular flexibility index (Phi) is 3.85. The number of benzene rings is 1. The van der Waals surface area contributed by atoms with Crippen molar-refractivity contribution in [2.45, 2.75) is 6.04 Å². The van der Waals surface area contributed by atoms with Crippen LogP contribution in [-0.2, 0) is 0 Å². The zero-order valence-electron chi connectivity index (χ0n) is 12.1. The van der Waals surface area contributed by atoms with Crippen molar-refractivity contribution in [2.75, 3.05) is 31.6 Å². The predicted octanol–water partition coefficient (Wildman–Crippen LogP) is 2.45. The third kappa shape index (κ3) is 2.88. The van der Waals surface area contributed by atoms with Crippen LogP contribution in [0.1, 0.15) is 17.2 Å². The second-order valence-corrected chi connectivity index (χ2v) is 5.40. The first-order valence-corrected chi connectivity index (χ1v) is 7.14. The van der Waals surface area contributed by atoms with Gasteiger partial charge < -0.3 is 9.80 Å². The first-order chi connectivity index (χ1) is 10.3. The maximum Gasteiger partial charge on any atom is 0.130 e. The van der Waals surface area contributed by atoms with Gasteiger partial charge in [0.05, 0.1) is 17.7 Å². The lowest BCUT2D eigenvalue weighted by atomic mass is 10.0. The van der Waals surface area contributed by atoms with Crippen LogP contribution in [0, 0.1) is 11.3 Å². The van der Waals surface area contributed by atoms with Crippen molar-refractivity contribution < 1.29 is 0 Å². The smallest absolute Gasteiger partial charge is 0.130 e. The highest BCUT2D eigenvalue weighted by Gasteiger charge is 2.27. The van der Waals surface area contributed by atoms with Crippen LogP contribution in [0.25, 0.3) is 0 Å². The number of nitrogens with zero attached hydrogens (tertiary/aromatic N) is 4. The number of piperazine rings is 1. The molecule has 106 valence electrons. The normalized spacial score (nSPS) is 19.2.